The van der Waals surface area contributed by atoms with Crippen molar-refractivity contribution in [1.29, 1.82) is 0 Å². The summed E-state index contributed by atoms with van der Waals surface area (Å²) in [4.78, 5) is 24.1. The van der Waals surface area contributed by atoms with Crippen LogP contribution in [-0.4, -0.2) is 25.1 Å². The Morgan fingerprint density at radius 2 is 2.12 bits per heavy atom. The lowest BCUT2D eigenvalue weighted by Crippen LogP contribution is -2.30. The zero-order chi connectivity index (χ0) is 18.4. The lowest BCUT2D eigenvalue weighted by molar-refractivity contribution is -0.153. The van der Waals surface area contributed by atoms with Crippen molar-refractivity contribution >= 4 is 29.2 Å². The largest absolute Gasteiger partial charge is 0.495 e. The number of carbonyl (C=O) groups excluding carboxylic acids is 2. The number of amides is 1. The van der Waals surface area contributed by atoms with Gasteiger partial charge in [0.25, 0.3) is 5.91 Å². The molecule has 2 rings (SSSR count). The molecule has 1 atom stereocenters. The molecule has 0 saturated carbocycles. The number of hydrogen-bond acceptors (Lipinski definition) is 5. The number of hydrogen-bond donors (Lipinski definition) is 1. The van der Waals surface area contributed by atoms with E-state index in [0.29, 0.717) is 28.6 Å². The molecule has 0 aliphatic carbocycles. The predicted octanol–water partition coefficient (Wildman–Crippen LogP) is 3.75. The van der Waals surface area contributed by atoms with Crippen molar-refractivity contribution in [1.82, 2.24) is 0 Å². The maximum Gasteiger partial charge on any atom is 0.307 e. The van der Waals surface area contributed by atoms with Gasteiger partial charge in [-0.25, -0.2) is 0 Å². The Morgan fingerprint density at radius 1 is 1.36 bits per heavy atom. The van der Waals surface area contributed by atoms with Crippen LogP contribution in [0.25, 0.3) is 0 Å². The third-order valence-corrected chi connectivity index (χ3v) is 3.98. The molecule has 0 bridgehead atoms. The minimum absolute atomic E-state index is 0.133. The number of carbonyl (C=O) groups is 2. The second kappa shape index (κ2) is 8.58. The van der Waals surface area contributed by atoms with Crippen molar-refractivity contribution in [3.05, 3.63) is 46.9 Å². The fourth-order valence-electron chi connectivity index (χ4n) is 2.15. The summed E-state index contributed by atoms with van der Waals surface area (Å²) in [5, 5.41) is 3.22. The molecular formula is C18H20ClNO5. The Kier molecular flexibility index (Phi) is 6.47. The van der Waals surface area contributed by atoms with Crippen molar-refractivity contribution in [2.45, 2.75) is 32.8 Å². The number of methoxy groups -OCH3 is 1. The van der Waals surface area contributed by atoms with Gasteiger partial charge < -0.3 is 19.2 Å². The summed E-state index contributed by atoms with van der Waals surface area (Å²) in [7, 11) is 1.48. The standard InChI is InChI=1S/C18H20ClNO5/c1-11-9-15(16(23-3)10-14(11)19)20-18(22)12(2)25-17(21)7-6-13-5-4-8-24-13/h4-5,8-10,12H,6-7H2,1-3H3,(H,20,22)/t12-/m1/s1. The molecule has 0 unspecified atom stereocenters. The van der Waals surface area contributed by atoms with Crippen molar-refractivity contribution in [3.8, 4) is 5.75 Å². The van der Waals surface area contributed by atoms with Crippen LogP contribution in [0.1, 0.15) is 24.7 Å². The number of benzene rings is 1. The third kappa shape index (κ3) is 5.26. The zero-order valence-electron chi connectivity index (χ0n) is 14.3. The molecule has 0 radical (unpaired) electrons. The fourth-order valence-corrected chi connectivity index (χ4v) is 2.31. The molecule has 1 heterocycles. The van der Waals surface area contributed by atoms with E-state index in [0.717, 1.165) is 5.56 Å². The van der Waals surface area contributed by atoms with Crippen molar-refractivity contribution in [3.63, 3.8) is 0 Å². The van der Waals surface area contributed by atoms with E-state index in [9.17, 15) is 9.59 Å². The molecule has 7 heteroatoms. The zero-order valence-corrected chi connectivity index (χ0v) is 15.1. The minimum Gasteiger partial charge on any atom is -0.495 e. The Morgan fingerprint density at radius 3 is 2.76 bits per heavy atom. The van der Waals surface area contributed by atoms with E-state index in [1.54, 1.807) is 24.3 Å². The summed E-state index contributed by atoms with van der Waals surface area (Å²) in [5.74, 6) is 0.195. The van der Waals surface area contributed by atoms with Gasteiger partial charge in [-0.05, 0) is 37.6 Å². The maximum atomic E-state index is 12.2. The van der Waals surface area contributed by atoms with Gasteiger partial charge in [0, 0.05) is 17.5 Å². The predicted molar refractivity (Wildman–Crippen MR) is 94.0 cm³/mol. The molecule has 6 nitrogen and oxygen atoms in total. The van der Waals surface area contributed by atoms with Gasteiger partial charge in [-0.15, -0.1) is 0 Å². The summed E-state index contributed by atoms with van der Waals surface area (Å²) in [5.41, 5.74) is 1.26. The second-order valence-corrected chi connectivity index (χ2v) is 5.91. The van der Waals surface area contributed by atoms with E-state index in [4.69, 9.17) is 25.5 Å². The molecule has 0 aliphatic rings. The highest BCUT2D eigenvalue weighted by Gasteiger charge is 2.20. The van der Waals surface area contributed by atoms with E-state index in [1.165, 1.54) is 20.3 Å². The van der Waals surface area contributed by atoms with Crippen LogP contribution in [0.4, 0.5) is 5.69 Å². The van der Waals surface area contributed by atoms with E-state index in [-0.39, 0.29) is 6.42 Å². The van der Waals surface area contributed by atoms with Gasteiger partial charge in [-0.3, -0.25) is 9.59 Å². The first-order valence-corrected chi connectivity index (χ1v) is 8.15. The minimum atomic E-state index is -0.940. The quantitative estimate of drug-likeness (QED) is 0.756. The molecule has 0 saturated heterocycles. The molecule has 0 aliphatic heterocycles. The number of aryl methyl sites for hydroxylation is 2. The lowest BCUT2D eigenvalue weighted by atomic mass is 10.2. The lowest BCUT2D eigenvalue weighted by Gasteiger charge is -2.16. The first-order valence-electron chi connectivity index (χ1n) is 7.77. The third-order valence-electron chi connectivity index (χ3n) is 3.57. The van der Waals surface area contributed by atoms with Gasteiger partial charge >= 0.3 is 5.97 Å². The Bertz CT molecular complexity index is 742. The Hall–Kier alpha value is -2.47. The van der Waals surface area contributed by atoms with Crippen molar-refractivity contribution in [2.24, 2.45) is 0 Å². The van der Waals surface area contributed by atoms with Crippen LogP contribution in [-0.2, 0) is 20.7 Å². The normalized spacial score (nSPS) is 11.7. The molecule has 1 amide bonds. The summed E-state index contributed by atoms with van der Waals surface area (Å²) < 4.78 is 15.5. The number of esters is 1. The molecule has 1 N–H and O–H groups in total. The highest BCUT2D eigenvalue weighted by molar-refractivity contribution is 6.31. The van der Waals surface area contributed by atoms with Crippen LogP contribution < -0.4 is 10.1 Å². The van der Waals surface area contributed by atoms with E-state index >= 15 is 0 Å². The van der Waals surface area contributed by atoms with E-state index < -0.39 is 18.0 Å². The summed E-state index contributed by atoms with van der Waals surface area (Å²) in [6.45, 7) is 3.32. The molecular weight excluding hydrogens is 346 g/mol. The first-order chi connectivity index (χ1) is 11.9. The molecule has 0 spiro atoms. The topological polar surface area (TPSA) is 77.8 Å². The number of rotatable bonds is 7. The van der Waals surface area contributed by atoms with Crippen LogP contribution in [0.3, 0.4) is 0 Å². The molecule has 1 aromatic carbocycles. The molecule has 134 valence electrons. The highest BCUT2D eigenvalue weighted by Crippen LogP contribution is 2.31. The number of anilines is 1. The molecule has 0 fully saturated rings. The molecule has 25 heavy (non-hydrogen) atoms. The number of nitrogens with one attached hydrogen (secondary N) is 1. The van der Waals surface area contributed by atoms with E-state index in [2.05, 4.69) is 5.32 Å². The highest BCUT2D eigenvalue weighted by atomic mass is 35.5. The van der Waals surface area contributed by atoms with Gasteiger partial charge in [-0.1, -0.05) is 11.6 Å². The average molecular weight is 366 g/mol. The smallest absolute Gasteiger partial charge is 0.307 e. The monoisotopic (exact) mass is 365 g/mol. The van der Waals surface area contributed by atoms with Crippen LogP contribution in [0.15, 0.2) is 34.9 Å². The first kappa shape index (κ1) is 18.9. The number of halogens is 1. The average Bonchev–Trinajstić information content (AvgIpc) is 3.09. The second-order valence-electron chi connectivity index (χ2n) is 5.50. The van der Waals surface area contributed by atoms with Gasteiger partial charge in [0.05, 0.1) is 25.5 Å². The van der Waals surface area contributed by atoms with Crippen LogP contribution >= 0.6 is 11.6 Å². The van der Waals surface area contributed by atoms with E-state index in [1.807, 2.05) is 6.92 Å². The van der Waals surface area contributed by atoms with Crippen LogP contribution in [0, 0.1) is 6.92 Å². The Labute approximate surface area is 151 Å². The van der Waals surface area contributed by atoms with Crippen LogP contribution in [0.5, 0.6) is 5.75 Å². The number of ether oxygens (including phenoxy) is 2. The van der Waals surface area contributed by atoms with Crippen molar-refractivity contribution in [2.75, 3.05) is 12.4 Å². The van der Waals surface area contributed by atoms with Crippen LogP contribution in [0.2, 0.25) is 5.02 Å². The SMILES string of the molecule is COc1cc(Cl)c(C)cc1NC(=O)[C@@H](C)OC(=O)CCc1ccco1. The summed E-state index contributed by atoms with van der Waals surface area (Å²) in [6.07, 6.45) is 1.15. The van der Waals surface area contributed by atoms with Gasteiger partial charge in [-0.2, -0.15) is 0 Å². The summed E-state index contributed by atoms with van der Waals surface area (Å²) in [6, 6.07) is 6.84. The molecule has 1 aromatic heterocycles. The Balaban J connectivity index is 1.91. The number of furan rings is 1. The fraction of sp³-hybridized carbons (Fsp3) is 0.333. The van der Waals surface area contributed by atoms with Gasteiger partial charge in [0.15, 0.2) is 6.10 Å². The van der Waals surface area contributed by atoms with Crippen molar-refractivity contribution < 1.29 is 23.5 Å². The summed E-state index contributed by atoms with van der Waals surface area (Å²) >= 11 is 6.04. The van der Waals surface area contributed by atoms with Gasteiger partial charge in [0.1, 0.15) is 11.5 Å². The maximum absolute atomic E-state index is 12.2. The molecule has 2 aromatic rings. The van der Waals surface area contributed by atoms with Gasteiger partial charge in [0.2, 0.25) is 0 Å².